The zero-order valence-corrected chi connectivity index (χ0v) is 13.1. The number of nitrogens with one attached hydrogen (secondary N) is 1. The second-order valence-corrected chi connectivity index (χ2v) is 5.83. The molecule has 118 valence electrons. The monoisotopic (exact) mass is 302 g/mol. The van der Waals surface area contributed by atoms with Crippen LogP contribution in [0, 0.1) is 12.8 Å². The van der Waals surface area contributed by atoms with Gasteiger partial charge in [0.2, 0.25) is 0 Å². The molecule has 2 aromatic rings. The Bertz CT molecular complexity index is 638. The van der Waals surface area contributed by atoms with E-state index in [-0.39, 0.29) is 5.91 Å². The molecule has 0 radical (unpaired) electrons. The lowest BCUT2D eigenvalue weighted by molar-refractivity contribution is 0.0683. The molecular formula is C15H22N6O. The molecule has 2 aromatic heterocycles. The standard InChI is InChI=1S/C15H22N6O/c1-3-21-9-6-13(19-21)15(22)20-7-4-12(5-8-20)10-14-16-11(2)17-18-14/h6,9,12H,3-5,7-8,10H2,1-2H3,(H,16,17,18). The van der Waals surface area contributed by atoms with Crippen LogP contribution in [0.5, 0.6) is 0 Å². The second-order valence-electron chi connectivity index (χ2n) is 5.83. The summed E-state index contributed by atoms with van der Waals surface area (Å²) in [5.74, 6) is 2.32. The first-order chi connectivity index (χ1) is 10.7. The van der Waals surface area contributed by atoms with E-state index in [4.69, 9.17) is 0 Å². The van der Waals surface area contributed by atoms with Gasteiger partial charge in [-0.2, -0.15) is 10.2 Å². The van der Waals surface area contributed by atoms with Crippen molar-refractivity contribution in [3.05, 3.63) is 29.6 Å². The highest BCUT2D eigenvalue weighted by atomic mass is 16.2. The fourth-order valence-electron chi connectivity index (χ4n) is 2.89. The molecule has 3 rings (SSSR count). The maximum absolute atomic E-state index is 12.4. The summed E-state index contributed by atoms with van der Waals surface area (Å²) in [6, 6.07) is 1.80. The molecule has 3 heterocycles. The van der Waals surface area contributed by atoms with Crippen LogP contribution in [-0.4, -0.2) is 48.9 Å². The van der Waals surface area contributed by atoms with Gasteiger partial charge >= 0.3 is 0 Å². The van der Waals surface area contributed by atoms with Crippen molar-refractivity contribution in [3.8, 4) is 0 Å². The fourth-order valence-corrected chi connectivity index (χ4v) is 2.89. The van der Waals surface area contributed by atoms with Crippen LogP contribution < -0.4 is 0 Å². The summed E-state index contributed by atoms with van der Waals surface area (Å²) in [4.78, 5) is 18.7. The molecule has 1 amide bonds. The minimum Gasteiger partial charge on any atom is -0.337 e. The van der Waals surface area contributed by atoms with Crippen LogP contribution in [0.1, 0.15) is 41.9 Å². The molecular weight excluding hydrogens is 280 g/mol. The summed E-state index contributed by atoms with van der Waals surface area (Å²) < 4.78 is 1.78. The smallest absolute Gasteiger partial charge is 0.274 e. The fraction of sp³-hybridized carbons (Fsp3) is 0.600. The highest BCUT2D eigenvalue weighted by molar-refractivity contribution is 5.92. The minimum absolute atomic E-state index is 0.0411. The van der Waals surface area contributed by atoms with E-state index in [0.29, 0.717) is 11.6 Å². The van der Waals surface area contributed by atoms with Crippen LogP contribution in [0.4, 0.5) is 0 Å². The Balaban J connectivity index is 1.53. The number of H-pyrrole nitrogens is 1. The third-order valence-corrected chi connectivity index (χ3v) is 4.20. The van der Waals surface area contributed by atoms with Crippen LogP contribution in [0.3, 0.4) is 0 Å². The van der Waals surface area contributed by atoms with Crippen molar-refractivity contribution in [1.29, 1.82) is 0 Å². The average molecular weight is 302 g/mol. The van der Waals surface area contributed by atoms with Crippen molar-refractivity contribution in [1.82, 2.24) is 29.9 Å². The molecule has 0 atom stereocenters. The number of rotatable bonds is 4. The molecule has 0 bridgehead atoms. The quantitative estimate of drug-likeness (QED) is 0.926. The van der Waals surface area contributed by atoms with Gasteiger partial charge in [0.05, 0.1) is 0 Å². The maximum atomic E-state index is 12.4. The maximum Gasteiger partial charge on any atom is 0.274 e. The number of carbonyl (C=O) groups is 1. The number of aromatic amines is 1. The second kappa shape index (κ2) is 6.29. The van der Waals surface area contributed by atoms with E-state index in [1.54, 1.807) is 10.7 Å². The van der Waals surface area contributed by atoms with E-state index >= 15 is 0 Å². The number of likely N-dealkylation sites (tertiary alicyclic amines) is 1. The highest BCUT2D eigenvalue weighted by Crippen LogP contribution is 2.21. The number of aryl methyl sites for hydroxylation is 2. The van der Waals surface area contributed by atoms with Gasteiger partial charge in [-0.1, -0.05) is 0 Å². The van der Waals surface area contributed by atoms with Crippen LogP contribution in [0.15, 0.2) is 12.3 Å². The first kappa shape index (κ1) is 14.7. The highest BCUT2D eigenvalue weighted by Gasteiger charge is 2.25. The molecule has 0 unspecified atom stereocenters. The van der Waals surface area contributed by atoms with E-state index in [9.17, 15) is 4.79 Å². The molecule has 7 nitrogen and oxygen atoms in total. The molecule has 1 fully saturated rings. The number of carbonyl (C=O) groups excluding carboxylic acids is 1. The summed E-state index contributed by atoms with van der Waals surface area (Å²) in [5, 5.41) is 11.4. The lowest BCUT2D eigenvalue weighted by atomic mass is 9.93. The molecule has 0 saturated carbocycles. The number of hydrogen-bond acceptors (Lipinski definition) is 4. The SMILES string of the molecule is CCn1ccc(C(=O)N2CCC(Cc3n[nH]c(C)n3)CC2)n1. The summed E-state index contributed by atoms with van der Waals surface area (Å²) in [5.41, 5.74) is 0.546. The topological polar surface area (TPSA) is 79.7 Å². The third-order valence-electron chi connectivity index (χ3n) is 4.20. The predicted octanol–water partition coefficient (Wildman–Crippen LogP) is 1.42. The number of piperidine rings is 1. The Morgan fingerprint density at radius 1 is 1.41 bits per heavy atom. The molecule has 0 aliphatic carbocycles. The lowest BCUT2D eigenvalue weighted by Crippen LogP contribution is -2.39. The Morgan fingerprint density at radius 3 is 2.77 bits per heavy atom. The molecule has 22 heavy (non-hydrogen) atoms. The molecule has 0 aromatic carbocycles. The van der Waals surface area contributed by atoms with Crippen LogP contribution in [0.25, 0.3) is 0 Å². The van der Waals surface area contributed by atoms with Gasteiger partial charge in [0.1, 0.15) is 11.5 Å². The molecule has 0 spiro atoms. The summed E-state index contributed by atoms with van der Waals surface area (Å²) in [6.07, 6.45) is 4.73. The summed E-state index contributed by atoms with van der Waals surface area (Å²) >= 11 is 0. The van der Waals surface area contributed by atoms with Crippen molar-refractivity contribution >= 4 is 5.91 Å². The van der Waals surface area contributed by atoms with Crippen molar-refractivity contribution < 1.29 is 4.79 Å². The Morgan fingerprint density at radius 2 is 2.18 bits per heavy atom. The molecule has 1 saturated heterocycles. The molecule has 1 aliphatic rings. The van der Waals surface area contributed by atoms with Crippen LogP contribution in [0.2, 0.25) is 0 Å². The van der Waals surface area contributed by atoms with Crippen molar-refractivity contribution in [2.75, 3.05) is 13.1 Å². The van der Waals surface area contributed by atoms with Gasteiger partial charge < -0.3 is 4.90 Å². The predicted molar refractivity (Wildman–Crippen MR) is 81.4 cm³/mol. The number of nitrogens with zero attached hydrogens (tertiary/aromatic N) is 5. The summed E-state index contributed by atoms with van der Waals surface area (Å²) in [6.45, 7) is 6.27. The number of amides is 1. The minimum atomic E-state index is 0.0411. The van der Waals surface area contributed by atoms with Gasteiger partial charge in [0, 0.05) is 32.3 Å². The van der Waals surface area contributed by atoms with E-state index in [0.717, 1.165) is 50.5 Å². The van der Waals surface area contributed by atoms with Crippen molar-refractivity contribution in [2.45, 2.75) is 39.7 Å². The average Bonchev–Trinajstić information content (AvgIpc) is 3.16. The van der Waals surface area contributed by atoms with Crippen molar-refractivity contribution in [2.24, 2.45) is 5.92 Å². The van der Waals surface area contributed by atoms with Gasteiger partial charge in [-0.15, -0.1) is 0 Å². The zero-order chi connectivity index (χ0) is 15.5. The Kier molecular flexibility index (Phi) is 4.22. The molecule has 1 aliphatic heterocycles. The third kappa shape index (κ3) is 3.18. The molecule has 1 N–H and O–H groups in total. The first-order valence-electron chi connectivity index (χ1n) is 7.86. The van der Waals surface area contributed by atoms with Gasteiger partial charge in [-0.25, -0.2) is 4.98 Å². The molecule has 7 heteroatoms. The van der Waals surface area contributed by atoms with Gasteiger partial charge in [0.25, 0.3) is 5.91 Å². The van der Waals surface area contributed by atoms with Gasteiger partial charge in [0.15, 0.2) is 5.82 Å². The van der Waals surface area contributed by atoms with Gasteiger partial charge in [-0.3, -0.25) is 14.6 Å². The normalized spacial score (nSPS) is 16.2. The van der Waals surface area contributed by atoms with E-state index in [2.05, 4.69) is 20.3 Å². The van der Waals surface area contributed by atoms with E-state index < -0.39 is 0 Å². The Labute approximate surface area is 129 Å². The van der Waals surface area contributed by atoms with Crippen molar-refractivity contribution in [3.63, 3.8) is 0 Å². The first-order valence-corrected chi connectivity index (χ1v) is 7.86. The largest absolute Gasteiger partial charge is 0.337 e. The number of hydrogen-bond donors (Lipinski definition) is 1. The number of aromatic nitrogens is 5. The Hall–Kier alpha value is -2.18. The zero-order valence-electron chi connectivity index (χ0n) is 13.1. The van der Waals surface area contributed by atoms with Crippen LogP contribution in [-0.2, 0) is 13.0 Å². The van der Waals surface area contributed by atoms with Gasteiger partial charge in [-0.05, 0) is 38.7 Å². The lowest BCUT2D eigenvalue weighted by Gasteiger charge is -2.31. The van der Waals surface area contributed by atoms with Crippen LogP contribution >= 0.6 is 0 Å². The summed E-state index contributed by atoms with van der Waals surface area (Å²) in [7, 11) is 0. The van der Waals surface area contributed by atoms with E-state index in [1.165, 1.54) is 0 Å². The van der Waals surface area contributed by atoms with E-state index in [1.807, 2.05) is 24.9 Å².